The summed E-state index contributed by atoms with van der Waals surface area (Å²) in [6.07, 6.45) is 5.91. The molecule has 0 radical (unpaired) electrons. The molecule has 0 spiro atoms. The first-order chi connectivity index (χ1) is 9.28. The monoisotopic (exact) mass is 282 g/mol. The Hall–Kier alpha value is -0.550. The Kier molecular flexibility index (Phi) is 4.12. The number of aliphatic hydroxyl groups excluding tert-OH is 1. The van der Waals surface area contributed by atoms with Crippen molar-refractivity contribution in [2.45, 2.75) is 57.0 Å². The fraction of sp³-hybridized carbons (Fsp3) is 0.857. The summed E-state index contributed by atoms with van der Waals surface area (Å²) in [6.45, 7) is 2.26. The zero-order chi connectivity index (χ0) is 13.2. The number of aromatic nitrogens is 2. The van der Waals surface area contributed by atoms with Gasteiger partial charge in [-0.25, -0.2) is 0 Å². The largest absolute Gasteiger partial charge is 0.391 e. The van der Waals surface area contributed by atoms with E-state index >= 15 is 0 Å². The highest BCUT2D eigenvalue weighted by Crippen LogP contribution is 2.38. The second kappa shape index (κ2) is 5.83. The maximum absolute atomic E-state index is 9.89. The van der Waals surface area contributed by atoms with E-state index in [9.17, 15) is 5.11 Å². The fourth-order valence-electron chi connectivity index (χ4n) is 3.24. The van der Waals surface area contributed by atoms with Crippen LogP contribution in [-0.2, 0) is 0 Å². The molecule has 4 unspecified atom stereocenters. The van der Waals surface area contributed by atoms with Crippen LogP contribution in [0.3, 0.4) is 0 Å². The maximum Gasteiger partial charge on any atom is 0.233 e. The minimum Gasteiger partial charge on any atom is -0.391 e. The number of rotatable bonds is 3. The van der Waals surface area contributed by atoms with Crippen molar-refractivity contribution >= 4 is 11.8 Å². The number of aliphatic hydroxyl groups is 1. The molecular formula is C14H22N2O2S. The van der Waals surface area contributed by atoms with Crippen LogP contribution in [0, 0.1) is 5.92 Å². The van der Waals surface area contributed by atoms with Gasteiger partial charge in [-0.3, -0.25) is 0 Å². The summed E-state index contributed by atoms with van der Waals surface area (Å²) in [5.41, 5.74) is 0. The van der Waals surface area contributed by atoms with E-state index in [-0.39, 0.29) is 12.0 Å². The highest BCUT2D eigenvalue weighted by molar-refractivity contribution is 7.99. The van der Waals surface area contributed by atoms with E-state index in [0.29, 0.717) is 11.8 Å². The summed E-state index contributed by atoms with van der Waals surface area (Å²) in [5, 5.41) is 14.1. The van der Waals surface area contributed by atoms with E-state index in [2.05, 4.69) is 17.1 Å². The number of thioether (sulfide) groups is 1. The standard InChI is InChI=1S/C14H22N2O2S/c1-2-9-4-3-5-10(6-9)13-15-14(18-16-13)11-7-19-8-12(11)17/h9-12,17H,2-8H2,1H3. The second-order valence-corrected chi connectivity index (χ2v) is 6.91. The summed E-state index contributed by atoms with van der Waals surface area (Å²) in [5.74, 6) is 4.50. The van der Waals surface area contributed by atoms with Crippen LogP contribution < -0.4 is 0 Å². The molecule has 1 N–H and O–H groups in total. The van der Waals surface area contributed by atoms with Crippen LogP contribution in [0.2, 0.25) is 0 Å². The van der Waals surface area contributed by atoms with Crippen molar-refractivity contribution in [2.75, 3.05) is 11.5 Å². The Morgan fingerprint density at radius 2 is 2.26 bits per heavy atom. The molecule has 0 amide bonds. The fourth-order valence-corrected chi connectivity index (χ4v) is 4.47. The van der Waals surface area contributed by atoms with E-state index in [1.807, 2.05) is 0 Å². The zero-order valence-electron chi connectivity index (χ0n) is 11.4. The van der Waals surface area contributed by atoms with Gasteiger partial charge in [0.25, 0.3) is 0 Å². The highest BCUT2D eigenvalue weighted by Gasteiger charge is 2.33. The highest BCUT2D eigenvalue weighted by atomic mass is 32.2. The van der Waals surface area contributed by atoms with Crippen LogP contribution in [0.4, 0.5) is 0 Å². The lowest BCUT2D eigenvalue weighted by Crippen LogP contribution is -2.17. The summed E-state index contributed by atoms with van der Waals surface area (Å²) in [4.78, 5) is 4.58. The third-order valence-electron chi connectivity index (χ3n) is 4.55. The molecule has 1 saturated heterocycles. The summed E-state index contributed by atoms with van der Waals surface area (Å²) in [6, 6.07) is 0. The first-order valence-corrected chi connectivity index (χ1v) is 8.52. The van der Waals surface area contributed by atoms with Crippen molar-refractivity contribution in [2.24, 2.45) is 5.92 Å². The minimum atomic E-state index is -0.326. The van der Waals surface area contributed by atoms with Gasteiger partial charge in [-0.15, -0.1) is 0 Å². The van der Waals surface area contributed by atoms with Crippen LogP contribution in [0.15, 0.2) is 4.52 Å². The van der Waals surface area contributed by atoms with Crippen molar-refractivity contribution in [1.29, 1.82) is 0 Å². The molecule has 0 bridgehead atoms. The Bertz CT molecular complexity index is 423. The van der Waals surface area contributed by atoms with E-state index < -0.39 is 0 Å². The molecule has 2 heterocycles. The zero-order valence-corrected chi connectivity index (χ0v) is 12.2. The minimum absolute atomic E-state index is 0.0387. The van der Waals surface area contributed by atoms with Crippen molar-refractivity contribution in [1.82, 2.24) is 10.1 Å². The molecule has 1 aromatic rings. The lowest BCUT2D eigenvalue weighted by atomic mass is 9.80. The first kappa shape index (κ1) is 13.4. The average Bonchev–Trinajstić information content (AvgIpc) is 3.07. The van der Waals surface area contributed by atoms with Crippen molar-refractivity contribution < 1.29 is 9.63 Å². The molecule has 1 aliphatic carbocycles. The summed E-state index contributed by atoms with van der Waals surface area (Å²) >= 11 is 1.76. The van der Waals surface area contributed by atoms with Crippen LogP contribution >= 0.6 is 11.8 Å². The van der Waals surface area contributed by atoms with Gasteiger partial charge in [-0.1, -0.05) is 31.3 Å². The van der Waals surface area contributed by atoms with Crippen molar-refractivity contribution in [3.05, 3.63) is 11.7 Å². The topological polar surface area (TPSA) is 59.2 Å². The Balaban J connectivity index is 1.70. The van der Waals surface area contributed by atoms with Gasteiger partial charge >= 0.3 is 0 Å². The molecule has 1 aromatic heterocycles. The second-order valence-electron chi connectivity index (χ2n) is 5.84. The van der Waals surface area contributed by atoms with Crippen molar-refractivity contribution in [3.63, 3.8) is 0 Å². The molecule has 5 heteroatoms. The molecule has 2 aliphatic rings. The number of hydrogen-bond donors (Lipinski definition) is 1. The molecular weight excluding hydrogens is 260 g/mol. The van der Waals surface area contributed by atoms with Gasteiger partial charge in [0.2, 0.25) is 5.89 Å². The molecule has 1 saturated carbocycles. The van der Waals surface area contributed by atoms with Crippen LogP contribution in [0.1, 0.15) is 62.6 Å². The summed E-state index contributed by atoms with van der Waals surface area (Å²) < 4.78 is 5.41. The summed E-state index contributed by atoms with van der Waals surface area (Å²) in [7, 11) is 0. The lowest BCUT2D eigenvalue weighted by Gasteiger charge is -2.26. The van der Waals surface area contributed by atoms with Gasteiger partial charge in [-0.2, -0.15) is 16.7 Å². The molecule has 4 atom stereocenters. The molecule has 19 heavy (non-hydrogen) atoms. The Morgan fingerprint density at radius 1 is 1.37 bits per heavy atom. The normalized spacial score (nSPS) is 35.7. The SMILES string of the molecule is CCC1CCCC(c2noc(C3CSCC3O)n2)C1. The lowest BCUT2D eigenvalue weighted by molar-refractivity contribution is 0.164. The predicted octanol–water partition coefficient (Wildman–Crippen LogP) is 2.94. The van der Waals surface area contributed by atoms with Crippen LogP contribution in [0.5, 0.6) is 0 Å². The smallest absolute Gasteiger partial charge is 0.233 e. The van der Waals surface area contributed by atoms with Crippen LogP contribution in [0.25, 0.3) is 0 Å². The van der Waals surface area contributed by atoms with Gasteiger partial charge in [0.05, 0.1) is 12.0 Å². The van der Waals surface area contributed by atoms with Gasteiger partial charge in [0.1, 0.15) is 0 Å². The average molecular weight is 282 g/mol. The molecule has 3 rings (SSSR count). The molecule has 4 nitrogen and oxygen atoms in total. The van der Waals surface area contributed by atoms with Gasteiger partial charge < -0.3 is 9.63 Å². The van der Waals surface area contributed by atoms with E-state index in [0.717, 1.165) is 23.2 Å². The molecule has 1 aliphatic heterocycles. The number of nitrogens with zero attached hydrogens (tertiary/aromatic N) is 2. The maximum atomic E-state index is 9.89. The van der Waals surface area contributed by atoms with Crippen molar-refractivity contribution in [3.8, 4) is 0 Å². The van der Waals surface area contributed by atoms with Crippen LogP contribution in [-0.4, -0.2) is 32.9 Å². The molecule has 0 aromatic carbocycles. The first-order valence-electron chi connectivity index (χ1n) is 7.37. The predicted molar refractivity (Wildman–Crippen MR) is 75.4 cm³/mol. The van der Waals surface area contributed by atoms with E-state index in [4.69, 9.17) is 4.52 Å². The molecule has 106 valence electrons. The van der Waals surface area contributed by atoms with Gasteiger partial charge in [0, 0.05) is 17.4 Å². The molecule has 2 fully saturated rings. The van der Waals surface area contributed by atoms with Gasteiger partial charge in [0.15, 0.2) is 5.82 Å². The van der Waals surface area contributed by atoms with E-state index in [1.54, 1.807) is 11.8 Å². The van der Waals surface area contributed by atoms with Gasteiger partial charge in [-0.05, 0) is 18.8 Å². The number of hydrogen-bond acceptors (Lipinski definition) is 5. The Labute approximate surface area is 118 Å². The third-order valence-corrected chi connectivity index (χ3v) is 5.72. The van der Waals surface area contributed by atoms with E-state index in [1.165, 1.54) is 32.1 Å². The quantitative estimate of drug-likeness (QED) is 0.923. The third kappa shape index (κ3) is 2.82. The Morgan fingerprint density at radius 3 is 3.00 bits per heavy atom.